The molecule has 0 heterocycles. The van der Waals surface area contributed by atoms with E-state index >= 15 is 0 Å². The number of carboxylic acid groups (broad SMARTS) is 1. The number of hydrogen-bond acceptors (Lipinski definition) is 3. The Morgan fingerprint density at radius 1 is 0.622 bits per heavy atom. The van der Waals surface area contributed by atoms with Crippen LogP contribution in [0.3, 0.4) is 0 Å². The first-order valence-electron chi connectivity index (χ1n) is 15.8. The van der Waals surface area contributed by atoms with Gasteiger partial charge >= 0.3 is 11.9 Å². The lowest BCUT2D eigenvalue weighted by Gasteiger charge is -2.16. The molecule has 1 unspecified atom stereocenters. The Labute approximate surface area is 229 Å². The summed E-state index contributed by atoms with van der Waals surface area (Å²) in [5, 5.41) is 9.15. The summed E-state index contributed by atoms with van der Waals surface area (Å²) in [5.41, 5.74) is 0. The molecule has 0 saturated carbocycles. The van der Waals surface area contributed by atoms with Crippen LogP contribution in [0.1, 0.15) is 168 Å². The normalized spacial score (nSPS) is 12.5. The number of esters is 1. The van der Waals surface area contributed by atoms with E-state index in [2.05, 4.69) is 38.2 Å². The van der Waals surface area contributed by atoms with E-state index in [9.17, 15) is 9.59 Å². The lowest BCUT2D eigenvalue weighted by atomic mass is 10.0. The predicted octanol–water partition coefficient (Wildman–Crippen LogP) is 10.5. The van der Waals surface area contributed by atoms with Gasteiger partial charge in [0, 0.05) is 6.42 Å². The third-order valence-corrected chi connectivity index (χ3v) is 6.91. The van der Waals surface area contributed by atoms with Crippen molar-refractivity contribution >= 4 is 11.9 Å². The van der Waals surface area contributed by atoms with Crippen LogP contribution >= 0.6 is 0 Å². The minimum Gasteiger partial charge on any atom is -0.481 e. The number of allylic oxidation sites excluding steroid dienone is 4. The highest BCUT2D eigenvalue weighted by Crippen LogP contribution is 2.16. The van der Waals surface area contributed by atoms with Gasteiger partial charge in [0.1, 0.15) is 6.10 Å². The van der Waals surface area contributed by atoms with Gasteiger partial charge in [0.05, 0.1) is 6.42 Å². The number of unbranched alkanes of at least 4 members (excludes halogenated alkanes) is 17. The summed E-state index contributed by atoms with van der Waals surface area (Å²) in [5.74, 6) is -1.11. The molecule has 0 aromatic rings. The second-order valence-corrected chi connectivity index (χ2v) is 10.7. The largest absolute Gasteiger partial charge is 0.481 e. The maximum Gasteiger partial charge on any atom is 0.307 e. The molecule has 4 heteroatoms. The molecule has 0 aliphatic carbocycles. The van der Waals surface area contributed by atoms with Crippen LogP contribution < -0.4 is 0 Å². The highest BCUT2D eigenvalue weighted by Gasteiger charge is 2.17. The van der Waals surface area contributed by atoms with Crippen LogP contribution in [0.15, 0.2) is 24.3 Å². The molecule has 1 atom stereocenters. The van der Waals surface area contributed by atoms with Gasteiger partial charge in [0.15, 0.2) is 0 Å². The third-order valence-electron chi connectivity index (χ3n) is 6.91. The monoisotopic (exact) mass is 520 g/mol. The molecule has 4 nitrogen and oxygen atoms in total. The van der Waals surface area contributed by atoms with Gasteiger partial charge < -0.3 is 9.84 Å². The van der Waals surface area contributed by atoms with Crippen molar-refractivity contribution < 1.29 is 19.4 Å². The fourth-order valence-corrected chi connectivity index (χ4v) is 4.58. The van der Waals surface area contributed by atoms with Gasteiger partial charge in [-0.3, -0.25) is 9.59 Å². The summed E-state index contributed by atoms with van der Waals surface area (Å²) in [6.45, 7) is 4.47. The number of aliphatic carboxylic acids is 1. The first-order chi connectivity index (χ1) is 18.1. The Bertz CT molecular complexity index is 567. The molecule has 0 aromatic heterocycles. The van der Waals surface area contributed by atoms with E-state index in [0.29, 0.717) is 12.8 Å². The Kier molecular flexibility index (Phi) is 27.7. The summed E-state index contributed by atoms with van der Waals surface area (Å²) in [7, 11) is 0. The van der Waals surface area contributed by atoms with Crippen LogP contribution in [0, 0.1) is 0 Å². The summed E-state index contributed by atoms with van der Waals surface area (Å²) in [6, 6.07) is 0. The first-order valence-corrected chi connectivity index (χ1v) is 15.8. The highest BCUT2D eigenvalue weighted by molar-refractivity contribution is 5.71. The number of carbonyl (C=O) groups excluding carboxylic acids is 1. The number of rotatable bonds is 28. The van der Waals surface area contributed by atoms with E-state index in [1.54, 1.807) is 0 Å². The summed E-state index contributed by atoms with van der Waals surface area (Å²) >= 11 is 0. The van der Waals surface area contributed by atoms with Crippen molar-refractivity contribution in [2.75, 3.05) is 0 Å². The first kappa shape index (κ1) is 35.4. The summed E-state index contributed by atoms with van der Waals surface area (Å²) < 4.78 is 5.52. The molecular formula is C33H60O4. The Balaban J connectivity index is 3.67. The fraction of sp³-hybridized carbons (Fsp3) is 0.818. The fourth-order valence-electron chi connectivity index (χ4n) is 4.58. The van der Waals surface area contributed by atoms with Gasteiger partial charge in [-0.25, -0.2) is 0 Å². The maximum absolute atomic E-state index is 12.2. The quantitative estimate of drug-likeness (QED) is 0.0633. The van der Waals surface area contributed by atoms with Gasteiger partial charge in [0.2, 0.25) is 0 Å². The zero-order valence-corrected chi connectivity index (χ0v) is 24.5. The predicted molar refractivity (Wildman–Crippen MR) is 158 cm³/mol. The minimum atomic E-state index is -0.887. The molecule has 0 rings (SSSR count). The van der Waals surface area contributed by atoms with E-state index < -0.39 is 12.1 Å². The van der Waals surface area contributed by atoms with E-state index in [-0.39, 0.29) is 12.4 Å². The number of hydrogen-bond donors (Lipinski definition) is 1. The smallest absolute Gasteiger partial charge is 0.307 e. The minimum absolute atomic E-state index is 0.0762. The molecule has 0 fully saturated rings. The van der Waals surface area contributed by atoms with Crippen LogP contribution in [0.25, 0.3) is 0 Å². The van der Waals surface area contributed by atoms with Crippen molar-refractivity contribution in [3.05, 3.63) is 24.3 Å². The molecule has 0 amide bonds. The Hall–Kier alpha value is -1.58. The van der Waals surface area contributed by atoms with Crippen molar-refractivity contribution in [3.8, 4) is 0 Å². The van der Waals surface area contributed by atoms with E-state index in [1.807, 2.05) is 0 Å². The average molecular weight is 521 g/mol. The van der Waals surface area contributed by atoms with Gasteiger partial charge in [-0.2, -0.15) is 0 Å². The topological polar surface area (TPSA) is 63.6 Å². The molecular weight excluding hydrogens is 460 g/mol. The van der Waals surface area contributed by atoms with Crippen LogP contribution in [0.5, 0.6) is 0 Å². The molecule has 0 bridgehead atoms. The Morgan fingerprint density at radius 3 is 1.65 bits per heavy atom. The van der Waals surface area contributed by atoms with Crippen LogP contribution in [-0.2, 0) is 14.3 Å². The second-order valence-electron chi connectivity index (χ2n) is 10.7. The molecule has 1 N–H and O–H groups in total. The molecule has 37 heavy (non-hydrogen) atoms. The van der Waals surface area contributed by atoms with E-state index in [1.165, 1.54) is 96.3 Å². The van der Waals surface area contributed by atoms with Gasteiger partial charge in [-0.1, -0.05) is 128 Å². The lowest BCUT2D eigenvalue weighted by Crippen LogP contribution is -2.21. The molecule has 0 radical (unpaired) electrons. The number of carboxylic acids is 1. The van der Waals surface area contributed by atoms with E-state index in [4.69, 9.17) is 9.84 Å². The van der Waals surface area contributed by atoms with E-state index in [0.717, 1.165) is 38.5 Å². The molecule has 216 valence electrons. The molecule has 0 aliphatic rings. The van der Waals surface area contributed by atoms with Crippen molar-refractivity contribution in [3.63, 3.8) is 0 Å². The average Bonchev–Trinajstić information content (AvgIpc) is 2.87. The molecule has 0 spiro atoms. The number of carbonyl (C=O) groups is 2. The zero-order valence-electron chi connectivity index (χ0n) is 24.5. The maximum atomic E-state index is 12.2. The molecule has 0 saturated heterocycles. The van der Waals surface area contributed by atoms with Crippen LogP contribution in [0.4, 0.5) is 0 Å². The van der Waals surface area contributed by atoms with Crippen molar-refractivity contribution in [2.24, 2.45) is 0 Å². The van der Waals surface area contributed by atoms with Gasteiger partial charge in [-0.15, -0.1) is 0 Å². The summed E-state index contributed by atoms with van der Waals surface area (Å²) in [4.78, 5) is 23.4. The zero-order chi connectivity index (χ0) is 27.2. The van der Waals surface area contributed by atoms with Crippen molar-refractivity contribution in [1.29, 1.82) is 0 Å². The van der Waals surface area contributed by atoms with Gasteiger partial charge in [0.25, 0.3) is 0 Å². The van der Waals surface area contributed by atoms with Crippen LogP contribution in [0.2, 0.25) is 0 Å². The molecule has 0 aliphatic heterocycles. The second kappa shape index (κ2) is 29.0. The van der Waals surface area contributed by atoms with Gasteiger partial charge in [-0.05, 0) is 51.4 Å². The molecule has 0 aromatic carbocycles. The third kappa shape index (κ3) is 28.8. The SMILES string of the molecule is CCCCC/C=C\C/C=C\CCCCCCCCCC(=O)OC(CCCCCCCCCC)CC(=O)O. The number of ether oxygens (including phenoxy) is 1. The standard InChI is InChI=1S/C33H60O4/c1-3-5-7-9-11-13-14-15-16-17-18-19-20-21-23-25-27-29-33(36)37-31(30-32(34)35)28-26-24-22-12-10-8-6-4-2/h11,13,15-16,31H,3-10,12,14,17-30H2,1-2H3,(H,34,35)/b13-11-,16-15-. The van der Waals surface area contributed by atoms with Crippen molar-refractivity contribution in [1.82, 2.24) is 0 Å². The van der Waals surface area contributed by atoms with Crippen molar-refractivity contribution in [2.45, 2.75) is 174 Å². The lowest BCUT2D eigenvalue weighted by molar-refractivity contribution is -0.153. The summed E-state index contributed by atoms with van der Waals surface area (Å²) in [6.07, 6.45) is 34.8. The van der Waals surface area contributed by atoms with Crippen LogP contribution in [-0.4, -0.2) is 23.1 Å². The highest BCUT2D eigenvalue weighted by atomic mass is 16.5. The Morgan fingerprint density at radius 2 is 1.08 bits per heavy atom.